The molecule has 0 aliphatic heterocycles. The van der Waals surface area contributed by atoms with Gasteiger partial charge in [0.1, 0.15) is 23.9 Å². The molecule has 0 aromatic heterocycles. The van der Waals surface area contributed by atoms with E-state index >= 15 is 0 Å². The molecule has 1 aromatic carbocycles. The molecule has 16 heteroatoms. The summed E-state index contributed by atoms with van der Waals surface area (Å²) in [6, 6.07) is 1.36. The number of hydrogen-bond acceptors (Lipinski definition) is 9. The maximum absolute atomic E-state index is 12.9. The van der Waals surface area contributed by atoms with Crippen LogP contribution in [0.1, 0.15) is 38.7 Å². The summed E-state index contributed by atoms with van der Waals surface area (Å²) in [6.45, 7) is 2.26. The third kappa shape index (κ3) is 12.8. The molecule has 0 aliphatic carbocycles. The molecule has 0 heterocycles. The Morgan fingerprint density at radius 1 is 0.952 bits per heavy atom. The highest BCUT2D eigenvalue weighted by molar-refractivity contribution is 5.94. The van der Waals surface area contributed by atoms with Gasteiger partial charge in [0.15, 0.2) is 5.96 Å². The van der Waals surface area contributed by atoms with E-state index in [0.29, 0.717) is 12.0 Å². The first-order valence-electron chi connectivity index (χ1n) is 13.4. The van der Waals surface area contributed by atoms with E-state index < -0.39 is 66.9 Å². The molecule has 0 radical (unpaired) electrons. The van der Waals surface area contributed by atoms with Crippen LogP contribution in [-0.2, 0) is 30.4 Å². The van der Waals surface area contributed by atoms with Crippen LogP contribution in [0.4, 0.5) is 0 Å². The van der Waals surface area contributed by atoms with E-state index in [1.807, 2.05) is 6.92 Å². The van der Waals surface area contributed by atoms with Gasteiger partial charge in [-0.05, 0) is 42.9 Å². The number of aromatic hydroxyl groups is 1. The fraction of sp³-hybridized carbons (Fsp3) is 0.538. The molecule has 1 aromatic rings. The first kappa shape index (κ1) is 35.6. The van der Waals surface area contributed by atoms with Crippen molar-refractivity contribution >= 4 is 35.6 Å². The van der Waals surface area contributed by atoms with Crippen molar-refractivity contribution < 1.29 is 39.3 Å². The zero-order chi connectivity index (χ0) is 31.8. The lowest BCUT2D eigenvalue weighted by Gasteiger charge is -2.25. The van der Waals surface area contributed by atoms with Crippen molar-refractivity contribution in [2.45, 2.75) is 63.7 Å². The molecule has 4 amide bonds. The minimum absolute atomic E-state index is 0.0126. The summed E-state index contributed by atoms with van der Waals surface area (Å²) in [5.41, 5.74) is 17.2. The Morgan fingerprint density at radius 3 is 2.14 bits per heavy atom. The molecule has 234 valence electrons. The highest BCUT2D eigenvalue weighted by Crippen LogP contribution is 2.12. The number of phenolic OH excluding ortho intramolecular Hbond substituents is 1. The van der Waals surface area contributed by atoms with Crippen LogP contribution in [0, 0.1) is 5.92 Å². The van der Waals surface area contributed by atoms with Gasteiger partial charge in [-0.1, -0.05) is 32.4 Å². The predicted octanol–water partition coefficient (Wildman–Crippen LogP) is -2.99. The molecule has 0 spiro atoms. The number of aliphatic carboxylic acids is 1. The van der Waals surface area contributed by atoms with E-state index in [-0.39, 0.29) is 43.4 Å². The average molecular weight is 595 g/mol. The smallest absolute Gasteiger partial charge is 0.326 e. The minimum Gasteiger partial charge on any atom is -0.508 e. The molecule has 1 rings (SSSR count). The molecule has 0 aliphatic rings. The molecule has 0 bridgehead atoms. The number of amides is 4. The van der Waals surface area contributed by atoms with E-state index in [1.165, 1.54) is 12.1 Å². The van der Waals surface area contributed by atoms with Crippen LogP contribution in [0.2, 0.25) is 0 Å². The lowest BCUT2D eigenvalue weighted by molar-refractivity contribution is -0.142. The van der Waals surface area contributed by atoms with E-state index in [2.05, 4.69) is 26.3 Å². The monoisotopic (exact) mass is 594 g/mol. The van der Waals surface area contributed by atoms with Crippen molar-refractivity contribution in [2.24, 2.45) is 28.1 Å². The third-order valence-electron chi connectivity index (χ3n) is 6.34. The number of phenols is 1. The Kier molecular flexibility index (Phi) is 15.3. The number of carbonyl (C=O) groups excluding carboxylic acids is 4. The van der Waals surface area contributed by atoms with Crippen molar-refractivity contribution in [1.29, 1.82) is 0 Å². The third-order valence-corrected chi connectivity index (χ3v) is 6.34. The number of carboxylic acid groups (broad SMARTS) is 1. The molecule has 13 N–H and O–H groups in total. The first-order chi connectivity index (χ1) is 19.8. The molecule has 0 saturated heterocycles. The van der Waals surface area contributed by atoms with Gasteiger partial charge in [0.2, 0.25) is 23.6 Å². The Hall–Kier alpha value is -4.44. The van der Waals surface area contributed by atoms with Crippen LogP contribution in [0.25, 0.3) is 0 Å². The van der Waals surface area contributed by atoms with Crippen LogP contribution in [0.15, 0.2) is 29.3 Å². The van der Waals surface area contributed by atoms with Gasteiger partial charge in [0.25, 0.3) is 0 Å². The van der Waals surface area contributed by atoms with Crippen molar-refractivity contribution in [3.8, 4) is 5.75 Å². The Bertz CT molecular complexity index is 1090. The minimum atomic E-state index is -1.49. The number of aliphatic imine (C=N–C) groups is 1. The second kappa shape index (κ2) is 18.1. The van der Waals surface area contributed by atoms with Crippen molar-refractivity contribution in [1.82, 2.24) is 21.3 Å². The Morgan fingerprint density at radius 2 is 1.60 bits per heavy atom. The van der Waals surface area contributed by atoms with Crippen molar-refractivity contribution in [3.05, 3.63) is 29.8 Å². The summed E-state index contributed by atoms with van der Waals surface area (Å²) in [6.07, 6.45) is 0.905. The zero-order valence-corrected chi connectivity index (χ0v) is 23.7. The normalized spacial score (nSPS) is 14.3. The number of nitrogens with two attached hydrogens (primary N) is 3. The van der Waals surface area contributed by atoms with Crippen LogP contribution < -0.4 is 38.5 Å². The highest BCUT2D eigenvalue weighted by atomic mass is 16.4. The lowest BCUT2D eigenvalue weighted by atomic mass is 9.97. The number of aliphatic hydroxyl groups excluding tert-OH is 1. The van der Waals surface area contributed by atoms with Gasteiger partial charge < -0.3 is 53.8 Å². The number of carboxylic acids is 1. The maximum Gasteiger partial charge on any atom is 0.326 e. The number of guanidine groups is 1. The van der Waals surface area contributed by atoms with Gasteiger partial charge in [-0.3, -0.25) is 24.2 Å². The van der Waals surface area contributed by atoms with Crippen LogP contribution >= 0.6 is 0 Å². The topological polar surface area (TPSA) is 285 Å². The SMILES string of the molecule is CCC(C)C(NC(=O)C(N)Cc1ccc(O)cc1)C(=O)NCC(=O)NC(CO)C(=O)NC(CCCN=C(N)N)C(=O)O. The van der Waals surface area contributed by atoms with Crippen molar-refractivity contribution in [3.63, 3.8) is 0 Å². The van der Waals surface area contributed by atoms with E-state index in [9.17, 15) is 39.3 Å². The summed E-state index contributed by atoms with van der Waals surface area (Å²) in [5.74, 6) is -4.78. The number of hydrogen-bond donors (Lipinski definition) is 10. The number of rotatable bonds is 18. The molecule has 42 heavy (non-hydrogen) atoms. The molecular weight excluding hydrogens is 552 g/mol. The number of nitrogens with one attached hydrogen (secondary N) is 4. The second-order valence-corrected chi connectivity index (χ2v) is 9.72. The van der Waals surface area contributed by atoms with Crippen molar-refractivity contribution in [2.75, 3.05) is 19.7 Å². The van der Waals surface area contributed by atoms with E-state index in [1.54, 1.807) is 19.1 Å². The predicted molar refractivity (Wildman–Crippen MR) is 153 cm³/mol. The molecule has 0 saturated carbocycles. The Labute approximate surface area is 243 Å². The van der Waals surface area contributed by atoms with E-state index in [4.69, 9.17) is 17.2 Å². The summed E-state index contributed by atoms with van der Waals surface area (Å²) in [4.78, 5) is 65.8. The highest BCUT2D eigenvalue weighted by Gasteiger charge is 2.29. The maximum atomic E-state index is 12.9. The Balaban J connectivity index is 2.70. The largest absolute Gasteiger partial charge is 0.508 e. The summed E-state index contributed by atoms with van der Waals surface area (Å²) >= 11 is 0. The number of aliphatic hydroxyl groups is 1. The molecule has 5 unspecified atom stereocenters. The van der Waals surface area contributed by atoms with Gasteiger partial charge >= 0.3 is 5.97 Å². The van der Waals surface area contributed by atoms with Gasteiger partial charge in [-0.15, -0.1) is 0 Å². The zero-order valence-electron chi connectivity index (χ0n) is 23.7. The number of nitrogens with zero attached hydrogens (tertiary/aromatic N) is 1. The summed E-state index contributed by atoms with van der Waals surface area (Å²) < 4.78 is 0. The van der Waals surface area contributed by atoms with Gasteiger partial charge in [-0.2, -0.15) is 0 Å². The lowest BCUT2D eigenvalue weighted by Crippen LogP contribution is -2.57. The first-order valence-corrected chi connectivity index (χ1v) is 13.4. The molecule has 5 atom stereocenters. The standard InChI is InChI=1S/C26H42N8O8/c1-3-14(2)21(34-22(38)17(27)11-15-6-8-16(36)9-7-15)24(40)31-12-20(37)32-19(13-35)23(39)33-18(25(41)42)5-4-10-30-26(28)29/h6-9,14,17-19,21,35-36H,3-5,10-13,27H2,1-2H3,(H,31,40)(H,32,37)(H,33,39)(H,34,38)(H,41,42)(H4,28,29,30). The van der Waals surface area contributed by atoms with Crippen LogP contribution in [0.3, 0.4) is 0 Å². The number of carbonyl (C=O) groups is 5. The van der Waals surface area contributed by atoms with Crippen LogP contribution in [0.5, 0.6) is 5.75 Å². The quantitative estimate of drug-likeness (QED) is 0.0464. The second-order valence-electron chi connectivity index (χ2n) is 9.72. The molecular formula is C26H42N8O8. The molecule has 0 fully saturated rings. The van der Waals surface area contributed by atoms with Gasteiger partial charge in [-0.25, -0.2) is 4.79 Å². The van der Waals surface area contributed by atoms with E-state index in [0.717, 1.165) is 0 Å². The fourth-order valence-electron chi connectivity index (χ4n) is 3.69. The fourth-order valence-corrected chi connectivity index (χ4v) is 3.69. The summed E-state index contributed by atoms with van der Waals surface area (Å²) in [5, 5.41) is 37.8. The number of benzene rings is 1. The van der Waals surface area contributed by atoms with Gasteiger partial charge in [0, 0.05) is 6.54 Å². The van der Waals surface area contributed by atoms with Gasteiger partial charge in [0.05, 0.1) is 19.2 Å². The van der Waals surface area contributed by atoms with Crippen LogP contribution in [-0.4, -0.2) is 94.7 Å². The summed E-state index contributed by atoms with van der Waals surface area (Å²) in [7, 11) is 0. The molecule has 16 nitrogen and oxygen atoms in total. The average Bonchev–Trinajstić information content (AvgIpc) is 2.94.